The molecule has 0 aromatic heterocycles. The Kier molecular flexibility index (Phi) is 11.8. The van der Waals surface area contributed by atoms with E-state index in [1.54, 1.807) is 0 Å². The second-order valence-corrected chi connectivity index (χ2v) is 7.74. The summed E-state index contributed by atoms with van der Waals surface area (Å²) >= 11 is 0. The second-order valence-electron chi connectivity index (χ2n) is 7.74. The molecule has 30 heavy (non-hydrogen) atoms. The highest BCUT2D eigenvalue weighted by Crippen LogP contribution is 2.35. The monoisotopic (exact) mass is 412 g/mol. The van der Waals surface area contributed by atoms with Gasteiger partial charge in [-0.15, -0.1) is 0 Å². The van der Waals surface area contributed by atoms with Gasteiger partial charge in [0.05, 0.1) is 0 Å². The zero-order chi connectivity index (χ0) is 21.5. The summed E-state index contributed by atoms with van der Waals surface area (Å²) in [6.45, 7) is 7.36. The quantitative estimate of drug-likeness (QED) is 0.209. The first-order valence-electron chi connectivity index (χ1n) is 11.8. The Morgan fingerprint density at radius 3 is 1.57 bits per heavy atom. The summed E-state index contributed by atoms with van der Waals surface area (Å²) in [5.41, 5.74) is 2.21. The van der Waals surface area contributed by atoms with Crippen molar-refractivity contribution in [3.63, 3.8) is 0 Å². The van der Waals surface area contributed by atoms with Crippen LogP contribution in [-0.4, -0.2) is 19.2 Å². The molecule has 0 N–H and O–H groups in total. The van der Waals surface area contributed by atoms with Gasteiger partial charge in [-0.05, 0) is 31.4 Å². The van der Waals surface area contributed by atoms with Crippen LogP contribution < -0.4 is 0 Å². The highest BCUT2D eigenvalue weighted by Gasteiger charge is 2.36. The van der Waals surface area contributed by atoms with E-state index in [0.717, 1.165) is 24.0 Å². The molecule has 3 heteroatoms. The zero-order valence-corrected chi connectivity index (χ0v) is 19.1. The van der Waals surface area contributed by atoms with Gasteiger partial charge in [0, 0.05) is 19.6 Å². The van der Waals surface area contributed by atoms with Gasteiger partial charge < -0.3 is 14.2 Å². The van der Waals surface area contributed by atoms with Crippen molar-refractivity contribution in [3.05, 3.63) is 71.8 Å². The van der Waals surface area contributed by atoms with Gasteiger partial charge in [0.2, 0.25) is 0 Å². The molecule has 0 saturated heterocycles. The molecule has 0 spiro atoms. The summed E-state index contributed by atoms with van der Waals surface area (Å²) in [6, 6.07) is 20.7. The molecule has 2 aromatic carbocycles. The lowest BCUT2D eigenvalue weighted by Crippen LogP contribution is -2.41. The molecule has 0 aliphatic heterocycles. The van der Waals surface area contributed by atoms with Crippen LogP contribution >= 0.6 is 0 Å². The molecule has 0 fully saturated rings. The molecular weight excluding hydrogens is 372 g/mol. The number of hydrogen-bond donors (Lipinski definition) is 0. The highest BCUT2D eigenvalue weighted by atomic mass is 16.9. The Bertz CT molecular complexity index is 611. The molecule has 0 amide bonds. The molecule has 2 rings (SSSR count). The van der Waals surface area contributed by atoms with Gasteiger partial charge in [0.25, 0.3) is 5.97 Å². The summed E-state index contributed by atoms with van der Waals surface area (Å²) in [5.74, 6) is -1.02. The number of benzene rings is 2. The van der Waals surface area contributed by atoms with Crippen LogP contribution in [0.5, 0.6) is 0 Å². The van der Waals surface area contributed by atoms with E-state index in [0.29, 0.717) is 13.2 Å². The predicted molar refractivity (Wildman–Crippen MR) is 124 cm³/mol. The van der Waals surface area contributed by atoms with E-state index in [2.05, 4.69) is 31.2 Å². The van der Waals surface area contributed by atoms with E-state index in [4.69, 9.17) is 14.2 Å². The molecule has 0 saturated carbocycles. The van der Waals surface area contributed by atoms with Crippen LogP contribution in [0.15, 0.2) is 60.7 Å². The van der Waals surface area contributed by atoms with Crippen LogP contribution in [0.3, 0.4) is 0 Å². The lowest BCUT2D eigenvalue weighted by atomic mass is 10.0. The smallest absolute Gasteiger partial charge is 0.283 e. The van der Waals surface area contributed by atoms with Crippen LogP contribution in [0.4, 0.5) is 0 Å². The van der Waals surface area contributed by atoms with Crippen LogP contribution in [0.25, 0.3) is 0 Å². The van der Waals surface area contributed by atoms with Gasteiger partial charge in [-0.25, -0.2) is 0 Å². The molecule has 3 nitrogen and oxygen atoms in total. The molecule has 0 aliphatic rings. The fourth-order valence-corrected chi connectivity index (χ4v) is 3.82. The van der Waals surface area contributed by atoms with E-state index in [-0.39, 0.29) is 6.10 Å². The van der Waals surface area contributed by atoms with E-state index < -0.39 is 5.97 Å². The average Bonchev–Trinajstić information content (AvgIpc) is 2.78. The van der Waals surface area contributed by atoms with Crippen molar-refractivity contribution >= 4 is 0 Å². The molecule has 0 atom stereocenters. The average molecular weight is 413 g/mol. The Labute approximate surface area is 183 Å². The van der Waals surface area contributed by atoms with Crippen molar-refractivity contribution in [3.8, 4) is 0 Å². The Morgan fingerprint density at radius 1 is 0.633 bits per heavy atom. The maximum absolute atomic E-state index is 6.69. The van der Waals surface area contributed by atoms with Gasteiger partial charge in [-0.3, -0.25) is 0 Å². The van der Waals surface area contributed by atoms with Crippen LogP contribution in [-0.2, 0) is 14.2 Å². The summed E-state index contributed by atoms with van der Waals surface area (Å²) in [6.07, 6.45) is 9.22. The van der Waals surface area contributed by atoms with Gasteiger partial charge in [0.1, 0.15) is 6.10 Å². The van der Waals surface area contributed by atoms with Crippen LogP contribution in [0.1, 0.15) is 89.4 Å². The Morgan fingerprint density at radius 2 is 1.10 bits per heavy atom. The topological polar surface area (TPSA) is 27.7 Å². The van der Waals surface area contributed by atoms with Crippen molar-refractivity contribution in [2.75, 3.05) is 13.2 Å². The number of ether oxygens (including phenoxy) is 3. The third kappa shape index (κ3) is 8.22. The number of rotatable bonds is 16. The molecular formula is C27H40O3. The molecule has 0 radical (unpaired) electrons. The van der Waals surface area contributed by atoms with Crippen molar-refractivity contribution in [2.45, 2.75) is 84.2 Å². The van der Waals surface area contributed by atoms with Crippen molar-refractivity contribution in [2.24, 2.45) is 0 Å². The molecule has 0 aliphatic carbocycles. The minimum Gasteiger partial charge on any atom is -0.328 e. The summed E-state index contributed by atoms with van der Waals surface area (Å²) < 4.78 is 19.0. The Balaban J connectivity index is 2.14. The molecule has 166 valence electrons. The fourth-order valence-electron chi connectivity index (χ4n) is 3.82. The van der Waals surface area contributed by atoms with Crippen molar-refractivity contribution in [1.82, 2.24) is 0 Å². The first-order chi connectivity index (χ1) is 14.7. The number of unbranched alkanes of at least 4 members (excludes halogenated alkanes) is 6. The molecule has 0 heterocycles. The van der Waals surface area contributed by atoms with Gasteiger partial charge >= 0.3 is 0 Å². The highest BCUT2D eigenvalue weighted by molar-refractivity contribution is 5.30. The minimum absolute atomic E-state index is 0.241. The van der Waals surface area contributed by atoms with E-state index in [1.165, 1.54) is 38.5 Å². The van der Waals surface area contributed by atoms with Crippen molar-refractivity contribution < 1.29 is 14.2 Å². The van der Waals surface area contributed by atoms with E-state index in [9.17, 15) is 0 Å². The van der Waals surface area contributed by atoms with E-state index >= 15 is 0 Å². The number of hydrogen-bond acceptors (Lipinski definition) is 3. The SMILES string of the molecule is CCCCCCCCCC(OCC)(OCC)OC(c1ccccc1)c1ccccc1. The third-order valence-corrected chi connectivity index (χ3v) is 5.32. The molecule has 2 aromatic rings. The molecule has 0 unspecified atom stereocenters. The van der Waals surface area contributed by atoms with Gasteiger partial charge in [-0.2, -0.15) is 0 Å². The predicted octanol–water partition coefficient (Wildman–Crippen LogP) is 7.66. The first-order valence-corrected chi connectivity index (χ1v) is 11.8. The summed E-state index contributed by atoms with van der Waals surface area (Å²) in [5, 5.41) is 0. The zero-order valence-electron chi connectivity index (χ0n) is 19.1. The first kappa shape index (κ1) is 24.6. The van der Waals surface area contributed by atoms with Crippen LogP contribution in [0, 0.1) is 0 Å². The minimum atomic E-state index is -1.02. The maximum Gasteiger partial charge on any atom is 0.283 e. The lowest BCUT2D eigenvalue weighted by molar-refractivity contribution is -0.392. The van der Waals surface area contributed by atoms with Gasteiger partial charge in [0.15, 0.2) is 0 Å². The standard InChI is InChI=1S/C27H40O3/c1-4-7-8-9-10-11-18-23-27(28-5-2,29-6-3)30-26(24-19-14-12-15-20-24)25-21-16-13-17-22-25/h12-17,19-22,26H,4-11,18,23H2,1-3H3. The van der Waals surface area contributed by atoms with Crippen LogP contribution in [0.2, 0.25) is 0 Å². The fraction of sp³-hybridized carbons (Fsp3) is 0.556. The van der Waals surface area contributed by atoms with Crippen molar-refractivity contribution in [1.29, 1.82) is 0 Å². The lowest BCUT2D eigenvalue weighted by Gasteiger charge is -2.36. The van der Waals surface area contributed by atoms with E-state index in [1.807, 2.05) is 50.2 Å². The van der Waals surface area contributed by atoms with Gasteiger partial charge in [-0.1, -0.05) is 106 Å². The summed E-state index contributed by atoms with van der Waals surface area (Å²) in [7, 11) is 0. The summed E-state index contributed by atoms with van der Waals surface area (Å²) in [4.78, 5) is 0. The largest absolute Gasteiger partial charge is 0.328 e. The maximum atomic E-state index is 6.69. The Hall–Kier alpha value is -1.68. The second kappa shape index (κ2) is 14.3. The molecule has 0 bridgehead atoms. The normalized spacial score (nSPS) is 11.9. The third-order valence-electron chi connectivity index (χ3n) is 5.32.